The molecule has 0 amide bonds. The molecule has 1 atom stereocenters. The average molecular weight is 540 g/mol. The van der Waals surface area contributed by atoms with Crippen molar-refractivity contribution in [1.29, 1.82) is 5.26 Å². The molecule has 0 radical (unpaired) electrons. The van der Waals surface area contributed by atoms with E-state index >= 15 is 0 Å². The van der Waals surface area contributed by atoms with E-state index in [1.807, 2.05) is 18.2 Å². The van der Waals surface area contributed by atoms with Gasteiger partial charge in [0.25, 0.3) is 0 Å². The van der Waals surface area contributed by atoms with Crippen LogP contribution < -0.4 is 10.6 Å². The summed E-state index contributed by atoms with van der Waals surface area (Å²) in [5.41, 5.74) is 2.00. The fourth-order valence-corrected chi connectivity index (χ4v) is 4.18. The first-order valence-electron chi connectivity index (χ1n) is 10.7. The van der Waals surface area contributed by atoms with Crippen LogP contribution in [0.15, 0.2) is 60.9 Å². The zero-order chi connectivity index (χ0) is 26.1. The molecule has 0 unspecified atom stereocenters. The van der Waals surface area contributed by atoms with Crippen LogP contribution in [0.3, 0.4) is 0 Å². The molecule has 0 spiro atoms. The molecule has 5 rings (SSSR count). The van der Waals surface area contributed by atoms with Crippen molar-refractivity contribution in [2.24, 2.45) is 0 Å². The van der Waals surface area contributed by atoms with Crippen LogP contribution in [0.1, 0.15) is 22.9 Å². The Bertz CT molecular complexity index is 1650. The molecule has 0 aliphatic rings. The van der Waals surface area contributed by atoms with Crippen LogP contribution in [0.5, 0.6) is 0 Å². The van der Waals surface area contributed by atoms with Gasteiger partial charge in [-0.25, -0.2) is 13.2 Å². The minimum absolute atomic E-state index is 0.0376. The van der Waals surface area contributed by atoms with E-state index in [-0.39, 0.29) is 22.0 Å². The Labute approximate surface area is 217 Å². The fraction of sp³-hybridized carbons (Fsp3) is 0.0400. The summed E-state index contributed by atoms with van der Waals surface area (Å²) in [5.74, 6) is -3.62. The standard InChI is InChI=1S/C25H14Cl2F3N7/c26-14-3-1-12(2-4-14)24(22-11-33-37-36-22)35-21-6-15(27)5-16-23(13(9-31)10-32-25(16)21)34-20-8-18(29)17(28)7-19(20)30/h1-8,10-11,24,35H,(H,32,34)(H,33,36,37)/t24-/m0/s1. The smallest absolute Gasteiger partial charge is 0.161 e. The molecule has 184 valence electrons. The second-order valence-electron chi connectivity index (χ2n) is 7.91. The number of anilines is 3. The lowest BCUT2D eigenvalue weighted by Gasteiger charge is -2.21. The maximum atomic E-state index is 14.4. The highest BCUT2D eigenvalue weighted by molar-refractivity contribution is 6.32. The van der Waals surface area contributed by atoms with E-state index in [2.05, 4.69) is 31.0 Å². The second-order valence-corrected chi connectivity index (χ2v) is 8.78. The molecule has 0 saturated heterocycles. The van der Waals surface area contributed by atoms with Crippen molar-refractivity contribution >= 4 is 51.2 Å². The predicted molar refractivity (Wildman–Crippen MR) is 134 cm³/mol. The summed E-state index contributed by atoms with van der Waals surface area (Å²) in [6, 6.07) is 12.8. The van der Waals surface area contributed by atoms with Crippen LogP contribution in [0, 0.1) is 28.8 Å². The van der Waals surface area contributed by atoms with E-state index < -0.39 is 23.5 Å². The van der Waals surface area contributed by atoms with Crippen LogP contribution in [-0.2, 0) is 0 Å². The first-order chi connectivity index (χ1) is 17.8. The van der Waals surface area contributed by atoms with E-state index in [1.165, 1.54) is 12.3 Å². The van der Waals surface area contributed by atoms with Gasteiger partial charge in [0, 0.05) is 40.0 Å². The van der Waals surface area contributed by atoms with Crippen molar-refractivity contribution in [1.82, 2.24) is 20.4 Å². The summed E-state index contributed by atoms with van der Waals surface area (Å²) in [4.78, 5) is 4.42. The molecule has 5 aromatic rings. The monoisotopic (exact) mass is 539 g/mol. The zero-order valence-corrected chi connectivity index (χ0v) is 20.0. The Hall–Kier alpha value is -4.33. The Morgan fingerprint density at radius 1 is 0.919 bits per heavy atom. The number of rotatable bonds is 6. The molecular formula is C25H14Cl2F3N7. The molecule has 0 saturated carbocycles. The number of pyridine rings is 1. The van der Waals surface area contributed by atoms with Gasteiger partial charge < -0.3 is 10.6 Å². The molecule has 3 N–H and O–H groups in total. The SMILES string of the molecule is N#Cc1cnc2c(N[C@@H](c3ccc(Cl)cc3)c3c[nH]nn3)cc(Cl)cc2c1Nc1cc(F)c(F)cc1F. The highest BCUT2D eigenvalue weighted by Gasteiger charge is 2.21. The quantitative estimate of drug-likeness (QED) is 0.203. The summed E-state index contributed by atoms with van der Waals surface area (Å²) in [7, 11) is 0. The fourth-order valence-electron chi connectivity index (χ4n) is 3.84. The van der Waals surface area contributed by atoms with Gasteiger partial charge in [-0.1, -0.05) is 40.5 Å². The van der Waals surface area contributed by atoms with Gasteiger partial charge in [0.2, 0.25) is 0 Å². The number of aromatic amines is 1. The van der Waals surface area contributed by atoms with Crippen LogP contribution >= 0.6 is 23.2 Å². The largest absolute Gasteiger partial charge is 0.371 e. The van der Waals surface area contributed by atoms with Gasteiger partial charge in [-0.2, -0.15) is 5.26 Å². The topological polar surface area (TPSA) is 102 Å². The van der Waals surface area contributed by atoms with E-state index in [0.29, 0.717) is 39.4 Å². The maximum absolute atomic E-state index is 14.4. The molecule has 0 aliphatic heterocycles. The summed E-state index contributed by atoms with van der Waals surface area (Å²) in [6.07, 6.45) is 2.91. The van der Waals surface area contributed by atoms with Crippen molar-refractivity contribution in [3.63, 3.8) is 0 Å². The number of H-pyrrole nitrogens is 1. The van der Waals surface area contributed by atoms with Crippen molar-refractivity contribution < 1.29 is 13.2 Å². The van der Waals surface area contributed by atoms with E-state index in [4.69, 9.17) is 23.2 Å². The number of hydrogen-bond acceptors (Lipinski definition) is 6. The van der Waals surface area contributed by atoms with Gasteiger partial charge in [-0.3, -0.25) is 10.1 Å². The molecule has 12 heteroatoms. The molecule has 0 fully saturated rings. The highest BCUT2D eigenvalue weighted by Crippen LogP contribution is 2.38. The van der Waals surface area contributed by atoms with E-state index in [9.17, 15) is 18.4 Å². The Morgan fingerprint density at radius 2 is 1.68 bits per heavy atom. The number of nitrogens with zero attached hydrogens (tertiary/aromatic N) is 4. The van der Waals surface area contributed by atoms with Gasteiger partial charge in [0.15, 0.2) is 11.6 Å². The molecular weight excluding hydrogens is 526 g/mol. The number of benzene rings is 3. The van der Waals surface area contributed by atoms with Crippen LogP contribution in [0.2, 0.25) is 10.0 Å². The van der Waals surface area contributed by atoms with Gasteiger partial charge in [0.05, 0.1) is 34.2 Å². The van der Waals surface area contributed by atoms with Crippen molar-refractivity contribution in [3.05, 3.63) is 105 Å². The van der Waals surface area contributed by atoms with Gasteiger partial charge in [-0.05, 0) is 29.8 Å². The number of nitriles is 1. The summed E-state index contributed by atoms with van der Waals surface area (Å²) < 4.78 is 41.7. The maximum Gasteiger partial charge on any atom is 0.161 e. The van der Waals surface area contributed by atoms with Crippen molar-refractivity contribution in [2.75, 3.05) is 10.6 Å². The Morgan fingerprint density at radius 3 is 2.38 bits per heavy atom. The van der Waals surface area contributed by atoms with E-state index in [0.717, 1.165) is 5.56 Å². The zero-order valence-electron chi connectivity index (χ0n) is 18.5. The normalized spacial score (nSPS) is 11.8. The lowest BCUT2D eigenvalue weighted by Crippen LogP contribution is -2.13. The molecule has 2 aromatic heterocycles. The van der Waals surface area contributed by atoms with Crippen molar-refractivity contribution in [2.45, 2.75) is 6.04 Å². The summed E-state index contributed by atoms with van der Waals surface area (Å²) in [6.45, 7) is 0. The first kappa shape index (κ1) is 24.4. The molecule has 2 heterocycles. The highest BCUT2D eigenvalue weighted by atomic mass is 35.5. The molecule has 0 aliphatic carbocycles. The van der Waals surface area contributed by atoms with Gasteiger partial charge in [0.1, 0.15) is 17.6 Å². The number of hydrogen-bond donors (Lipinski definition) is 3. The van der Waals surface area contributed by atoms with Crippen molar-refractivity contribution in [3.8, 4) is 6.07 Å². The Balaban J connectivity index is 1.65. The lowest BCUT2D eigenvalue weighted by atomic mass is 10.0. The number of fused-ring (bicyclic) bond motifs is 1. The summed E-state index contributed by atoms with van der Waals surface area (Å²) in [5, 5.41) is 27.5. The average Bonchev–Trinajstić information content (AvgIpc) is 3.41. The summed E-state index contributed by atoms with van der Waals surface area (Å²) >= 11 is 12.5. The van der Waals surface area contributed by atoms with Crippen LogP contribution in [0.4, 0.5) is 30.2 Å². The predicted octanol–water partition coefficient (Wildman–Crippen LogP) is 6.89. The Kier molecular flexibility index (Phi) is 6.56. The lowest BCUT2D eigenvalue weighted by molar-refractivity contribution is 0.496. The third kappa shape index (κ3) is 4.87. The molecule has 0 bridgehead atoms. The number of aromatic nitrogens is 4. The molecule has 7 nitrogen and oxygen atoms in total. The first-order valence-corrected chi connectivity index (χ1v) is 11.4. The van der Waals surface area contributed by atoms with Gasteiger partial charge in [-0.15, -0.1) is 5.10 Å². The third-order valence-corrected chi connectivity index (χ3v) is 6.03. The minimum atomic E-state index is -1.33. The number of halogens is 5. The third-order valence-electron chi connectivity index (χ3n) is 5.56. The second kappa shape index (κ2) is 9.97. The van der Waals surface area contributed by atoms with Gasteiger partial charge >= 0.3 is 0 Å². The minimum Gasteiger partial charge on any atom is -0.371 e. The van der Waals surface area contributed by atoms with Crippen LogP contribution in [0.25, 0.3) is 10.9 Å². The molecule has 3 aromatic carbocycles. The van der Waals surface area contributed by atoms with Crippen LogP contribution in [-0.4, -0.2) is 20.4 Å². The number of nitrogens with one attached hydrogen (secondary N) is 3. The molecule has 37 heavy (non-hydrogen) atoms. The van der Waals surface area contributed by atoms with E-state index in [1.54, 1.807) is 24.4 Å².